The van der Waals surface area contributed by atoms with Crippen molar-refractivity contribution >= 4 is 81.2 Å². The Morgan fingerprint density at radius 2 is 1.57 bits per heavy atom. The Bertz CT molecular complexity index is 2340. The number of benzene rings is 4. The number of carbonyl (C=O) groups is 5. The number of methoxy groups -OCH3 is 1. The van der Waals surface area contributed by atoms with Gasteiger partial charge in [0.15, 0.2) is 0 Å². The topological polar surface area (TPSA) is 143 Å². The molecule has 58 heavy (non-hydrogen) atoms. The molecule has 0 aliphatic carbocycles. The minimum Gasteiger partial charge on any atom is -0.465 e. The van der Waals surface area contributed by atoms with Crippen molar-refractivity contribution in [3.8, 4) is 0 Å². The molecule has 0 saturated carbocycles. The van der Waals surface area contributed by atoms with Crippen LogP contribution in [-0.2, 0) is 32.0 Å². The molecule has 1 atom stereocenters. The van der Waals surface area contributed by atoms with Crippen molar-refractivity contribution < 1.29 is 33.4 Å². The maximum absolute atomic E-state index is 14.3. The highest BCUT2D eigenvalue weighted by atomic mass is 35.5. The highest BCUT2D eigenvalue weighted by Crippen LogP contribution is 2.41. The molecule has 0 spiro atoms. The van der Waals surface area contributed by atoms with Gasteiger partial charge in [0.2, 0.25) is 5.91 Å². The van der Waals surface area contributed by atoms with Gasteiger partial charge in [-0.1, -0.05) is 78.3 Å². The third-order valence-corrected chi connectivity index (χ3v) is 11.4. The fourth-order valence-electron chi connectivity index (χ4n) is 6.02. The van der Waals surface area contributed by atoms with Crippen molar-refractivity contribution in [1.82, 2.24) is 10.2 Å². The highest BCUT2D eigenvalue weighted by Gasteiger charge is 2.34. The largest absolute Gasteiger partial charge is 0.465 e. The van der Waals surface area contributed by atoms with Gasteiger partial charge < -0.3 is 30.3 Å². The molecule has 0 radical (unpaired) electrons. The Morgan fingerprint density at radius 3 is 2.24 bits per heavy atom. The van der Waals surface area contributed by atoms with E-state index in [1.54, 1.807) is 105 Å². The van der Waals surface area contributed by atoms with Gasteiger partial charge in [-0.25, -0.2) is 9.59 Å². The van der Waals surface area contributed by atoms with Crippen molar-refractivity contribution in [2.24, 2.45) is 0 Å². The smallest absolute Gasteiger partial charge is 0.410 e. The standard InChI is InChI=1S/C44H41ClN4O7S2/c1-44(2,3)56-43(54)49-23-22-33-35(26-49)58-41(36(33)42(53)55-4)48-40(52)37(28-12-7-5-8-13-28)57-32-17-11-16-31(25-32)46-39(51)34(24-27-18-20-30(45)21-19-27)47-38(50)29-14-9-6-10-15-29/h5-21,24-25,37H,22-23,26H2,1-4H3,(H,46,51)(H,47,50)(H,48,52)/b34-24+. The summed E-state index contributed by atoms with van der Waals surface area (Å²) in [5.74, 6) is -2.01. The molecule has 14 heteroatoms. The van der Waals surface area contributed by atoms with Crippen LogP contribution >= 0.6 is 34.7 Å². The average Bonchev–Trinajstić information content (AvgIpc) is 3.57. The lowest BCUT2D eigenvalue weighted by Gasteiger charge is -2.30. The van der Waals surface area contributed by atoms with E-state index < -0.39 is 40.6 Å². The molecule has 6 rings (SSSR count). The summed E-state index contributed by atoms with van der Waals surface area (Å²) in [5.41, 5.74) is 2.48. The van der Waals surface area contributed by atoms with Crippen LogP contribution in [0.3, 0.4) is 0 Å². The lowest BCUT2D eigenvalue weighted by molar-refractivity contribution is -0.116. The molecule has 4 aromatic carbocycles. The van der Waals surface area contributed by atoms with Crippen molar-refractivity contribution in [3.05, 3.63) is 153 Å². The predicted octanol–water partition coefficient (Wildman–Crippen LogP) is 9.36. The van der Waals surface area contributed by atoms with E-state index in [1.807, 2.05) is 36.4 Å². The highest BCUT2D eigenvalue weighted by molar-refractivity contribution is 8.00. The molecule has 5 aromatic rings. The number of halogens is 1. The maximum Gasteiger partial charge on any atom is 0.410 e. The molecule has 3 N–H and O–H groups in total. The number of anilines is 2. The minimum absolute atomic E-state index is 0.00467. The lowest BCUT2D eigenvalue weighted by Crippen LogP contribution is -2.39. The Kier molecular flexibility index (Phi) is 13.4. The van der Waals surface area contributed by atoms with Gasteiger partial charge in [-0.05, 0) is 92.4 Å². The van der Waals surface area contributed by atoms with Crippen LogP contribution in [-0.4, -0.2) is 53.9 Å². The third kappa shape index (κ3) is 10.7. The Morgan fingerprint density at radius 1 is 0.879 bits per heavy atom. The number of hydrogen-bond acceptors (Lipinski definition) is 9. The summed E-state index contributed by atoms with van der Waals surface area (Å²) < 4.78 is 10.7. The van der Waals surface area contributed by atoms with Gasteiger partial charge in [0, 0.05) is 32.6 Å². The normalized spacial score (nSPS) is 13.1. The number of thioether (sulfide) groups is 1. The summed E-state index contributed by atoms with van der Waals surface area (Å²) in [6.07, 6.45) is 1.48. The summed E-state index contributed by atoms with van der Waals surface area (Å²) in [7, 11) is 1.29. The Hall–Kier alpha value is -5.89. The van der Waals surface area contributed by atoms with Crippen molar-refractivity contribution in [3.63, 3.8) is 0 Å². The van der Waals surface area contributed by atoms with Gasteiger partial charge in [-0.15, -0.1) is 23.1 Å². The van der Waals surface area contributed by atoms with Gasteiger partial charge in [0.05, 0.1) is 19.2 Å². The summed E-state index contributed by atoms with van der Waals surface area (Å²) in [6, 6.07) is 31.6. The number of carbonyl (C=O) groups excluding carboxylic acids is 5. The van der Waals surface area contributed by atoms with Crippen LogP contribution in [0.4, 0.5) is 15.5 Å². The number of thiophene rings is 1. The summed E-state index contributed by atoms with van der Waals surface area (Å²) >= 11 is 8.56. The number of nitrogens with one attached hydrogen (secondary N) is 3. The quantitative estimate of drug-likeness (QED) is 0.0679. The number of fused-ring (bicyclic) bond motifs is 1. The van der Waals surface area contributed by atoms with Crippen LogP contribution in [0.5, 0.6) is 0 Å². The average molecular weight is 837 g/mol. The fourth-order valence-corrected chi connectivity index (χ4v) is 8.48. The van der Waals surface area contributed by atoms with Crippen LogP contribution < -0.4 is 16.0 Å². The molecule has 0 fully saturated rings. The van der Waals surface area contributed by atoms with Crippen molar-refractivity contribution in [2.75, 3.05) is 24.3 Å². The molecule has 1 aliphatic heterocycles. The molecular formula is C44H41ClN4O7S2. The first kappa shape index (κ1) is 41.7. The van der Waals surface area contributed by atoms with E-state index in [4.69, 9.17) is 21.1 Å². The molecule has 298 valence electrons. The van der Waals surface area contributed by atoms with Crippen molar-refractivity contribution in [2.45, 2.75) is 49.5 Å². The second kappa shape index (κ2) is 18.6. The van der Waals surface area contributed by atoms with Crippen molar-refractivity contribution in [1.29, 1.82) is 0 Å². The molecule has 1 unspecified atom stereocenters. The lowest BCUT2D eigenvalue weighted by atomic mass is 10.0. The van der Waals surface area contributed by atoms with E-state index in [0.717, 1.165) is 10.4 Å². The summed E-state index contributed by atoms with van der Waals surface area (Å²) in [6.45, 7) is 5.96. The molecular weight excluding hydrogens is 796 g/mol. The zero-order chi connectivity index (χ0) is 41.4. The zero-order valence-corrected chi connectivity index (χ0v) is 34.6. The fraction of sp³-hybridized carbons (Fsp3) is 0.205. The first-order valence-electron chi connectivity index (χ1n) is 18.3. The van der Waals surface area contributed by atoms with Gasteiger partial charge in [0.25, 0.3) is 11.8 Å². The number of ether oxygens (including phenoxy) is 2. The summed E-state index contributed by atoms with van der Waals surface area (Å²) in [5, 5.41) is 8.68. The molecule has 0 bridgehead atoms. The monoisotopic (exact) mass is 836 g/mol. The van der Waals surface area contributed by atoms with Crippen LogP contribution in [0.1, 0.15) is 68.3 Å². The van der Waals surface area contributed by atoms with Gasteiger partial charge in [-0.2, -0.15) is 0 Å². The van der Waals surface area contributed by atoms with Crippen LogP contribution in [0.25, 0.3) is 6.08 Å². The SMILES string of the molecule is COC(=O)c1c(NC(=O)C(Sc2cccc(NC(=O)/C(=C\c3ccc(Cl)cc3)NC(=O)c3ccccc3)c2)c2ccccc2)sc2c1CCN(C(=O)OC(C)(C)C)C2. The second-order valence-corrected chi connectivity index (χ2v) is 16.9. The molecule has 1 aliphatic rings. The van der Waals surface area contributed by atoms with Gasteiger partial charge in [-0.3, -0.25) is 14.4 Å². The first-order chi connectivity index (χ1) is 27.8. The Labute approximate surface area is 349 Å². The molecule has 0 saturated heterocycles. The van der Waals surface area contributed by atoms with Gasteiger partial charge >= 0.3 is 12.1 Å². The summed E-state index contributed by atoms with van der Waals surface area (Å²) in [4.78, 5) is 70.3. The number of hydrogen-bond donors (Lipinski definition) is 3. The van der Waals surface area contributed by atoms with E-state index in [0.29, 0.717) is 50.3 Å². The molecule has 4 amide bonds. The van der Waals surface area contributed by atoms with E-state index >= 15 is 0 Å². The minimum atomic E-state index is -0.791. The van der Waals surface area contributed by atoms with E-state index in [-0.39, 0.29) is 17.8 Å². The van der Waals surface area contributed by atoms with Crippen LogP contribution in [0.15, 0.2) is 120 Å². The second-order valence-electron chi connectivity index (χ2n) is 14.2. The zero-order valence-electron chi connectivity index (χ0n) is 32.2. The number of esters is 1. The predicted molar refractivity (Wildman–Crippen MR) is 228 cm³/mol. The van der Waals surface area contributed by atoms with Gasteiger partial charge in [0.1, 0.15) is 21.5 Å². The number of rotatable bonds is 11. The third-order valence-electron chi connectivity index (χ3n) is 8.73. The molecule has 1 aromatic heterocycles. The van der Waals surface area contributed by atoms with Crippen LogP contribution in [0, 0.1) is 0 Å². The number of amides is 4. The number of nitrogens with zero attached hydrogens (tertiary/aromatic N) is 1. The van der Waals surface area contributed by atoms with E-state index in [9.17, 15) is 24.0 Å². The van der Waals surface area contributed by atoms with Crippen LogP contribution in [0.2, 0.25) is 5.02 Å². The van der Waals surface area contributed by atoms with E-state index in [1.165, 1.54) is 30.2 Å². The maximum atomic E-state index is 14.3. The Balaban J connectivity index is 1.24. The molecule has 2 heterocycles. The molecule has 11 nitrogen and oxygen atoms in total. The first-order valence-corrected chi connectivity index (χ1v) is 20.3. The van der Waals surface area contributed by atoms with E-state index in [2.05, 4.69) is 16.0 Å².